The highest BCUT2D eigenvalue weighted by Crippen LogP contribution is 2.36. The molecule has 1 aliphatic rings. The lowest BCUT2D eigenvalue weighted by atomic mass is 9.95. The van der Waals surface area contributed by atoms with Gasteiger partial charge in [0.2, 0.25) is 21.8 Å². The molecule has 0 saturated heterocycles. The van der Waals surface area contributed by atoms with Gasteiger partial charge in [-0.1, -0.05) is 43.0 Å². The monoisotopic (exact) mass is 591 g/mol. The average Bonchev–Trinajstić information content (AvgIpc) is 2.86. The van der Waals surface area contributed by atoms with Crippen LogP contribution in [0.15, 0.2) is 42.5 Å². The molecule has 0 spiro atoms. The molecule has 2 aromatic rings. The molecule has 13 heteroatoms. The minimum atomic E-state index is -4.78. The van der Waals surface area contributed by atoms with Crippen LogP contribution in [0, 0.1) is 5.82 Å². The Morgan fingerprint density at radius 2 is 1.69 bits per heavy atom. The van der Waals surface area contributed by atoms with Gasteiger partial charge in [-0.05, 0) is 55.7 Å². The summed E-state index contributed by atoms with van der Waals surface area (Å²) in [6, 6.07) is 6.21. The lowest BCUT2D eigenvalue weighted by molar-refractivity contribution is -0.139. The number of hydrogen-bond donors (Lipinski definition) is 1. The summed E-state index contributed by atoms with van der Waals surface area (Å²) in [4.78, 5) is 27.8. The predicted molar refractivity (Wildman–Crippen MR) is 140 cm³/mol. The molecule has 2 amide bonds. The SMILES string of the molecule is CC(C(=O)NC1CCCCC1)N(Cc1ccc(F)cc1)C(=O)CN(c1cc(C(F)(F)F)ccc1Cl)S(C)(=O)=O. The second kappa shape index (κ2) is 12.5. The van der Waals surface area contributed by atoms with Gasteiger partial charge in [-0.25, -0.2) is 12.8 Å². The smallest absolute Gasteiger partial charge is 0.352 e. The minimum absolute atomic E-state index is 0.0621. The Bertz CT molecular complexity index is 1280. The second-order valence-electron chi connectivity index (χ2n) is 9.60. The van der Waals surface area contributed by atoms with Crippen molar-refractivity contribution in [1.82, 2.24) is 10.2 Å². The van der Waals surface area contributed by atoms with Crippen LogP contribution in [0.25, 0.3) is 0 Å². The van der Waals surface area contributed by atoms with Crippen molar-refractivity contribution in [2.24, 2.45) is 0 Å². The highest BCUT2D eigenvalue weighted by Gasteiger charge is 2.35. The van der Waals surface area contributed by atoms with E-state index < -0.39 is 57.7 Å². The number of benzene rings is 2. The zero-order chi connectivity index (χ0) is 29.0. The first-order valence-corrected chi connectivity index (χ1v) is 14.6. The van der Waals surface area contributed by atoms with Gasteiger partial charge in [0, 0.05) is 12.6 Å². The standard InChI is InChI=1S/C26H30ClF4N3O4S/c1-17(25(36)32-21-6-4-3-5-7-21)33(15-18-8-11-20(28)12-9-18)24(35)16-34(39(2,37)38)23-14-19(26(29,30)31)10-13-22(23)27/h8-14,17,21H,3-7,15-16H2,1-2H3,(H,32,36). The first-order valence-electron chi connectivity index (χ1n) is 12.4. The van der Waals surface area contributed by atoms with E-state index in [1.807, 2.05) is 0 Å². The first-order chi connectivity index (χ1) is 18.2. The van der Waals surface area contributed by atoms with Crippen LogP contribution in [0.1, 0.15) is 50.2 Å². The number of amides is 2. The van der Waals surface area contributed by atoms with Crippen molar-refractivity contribution >= 4 is 39.1 Å². The molecule has 0 bridgehead atoms. The third-order valence-corrected chi connectivity index (χ3v) is 8.05. The second-order valence-corrected chi connectivity index (χ2v) is 11.9. The van der Waals surface area contributed by atoms with Crippen LogP contribution in [-0.4, -0.2) is 50.0 Å². The number of halogens is 5. The Labute approximate surface area is 230 Å². The summed E-state index contributed by atoms with van der Waals surface area (Å²) in [7, 11) is -4.29. The summed E-state index contributed by atoms with van der Waals surface area (Å²) in [6.45, 7) is 0.385. The summed E-state index contributed by atoms with van der Waals surface area (Å²) in [6.07, 6.45) is 0.515. The zero-order valence-electron chi connectivity index (χ0n) is 21.5. The third kappa shape index (κ3) is 8.31. The maximum absolute atomic E-state index is 13.6. The van der Waals surface area contributed by atoms with Crippen molar-refractivity contribution < 1.29 is 35.6 Å². The van der Waals surface area contributed by atoms with Gasteiger partial charge in [-0.3, -0.25) is 13.9 Å². The fraction of sp³-hybridized carbons (Fsp3) is 0.462. The van der Waals surface area contributed by atoms with Crippen molar-refractivity contribution in [3.63, 3.8) is 0 Å². The van der Waals surface area contributed by atoms with Crippen molar-refractivity contribution in [2.45, 2.75) is 63.8 Å². The van der Waals surface area contributed by atoms with E-state index in [-0.39, 0.29) is 17.6 Å². The fourth-order valence-corrected chi connectivity index (χ4v) is 5.54. The molecular formula is C26H30ClF4N3O4S. The maximum Gasteiger partial charge on any atom is 0.416 e. The first kappa shape index (κ1) is 30.7. The third-order valence-electron chi connectivity index (χ3n) is 6.61. The number of carbonyl (C=O) groups excluding carboxylic acids is 2. The van der Waals surface area contributed by atoms with Crippen molar-refractivity contribution in [3.05, 3.63) is 64.4 Å². The van der Waals surface area contributed by atoms with Gasteiger partial charge < -0.3 is 10.2 Å². The number of anilines is 1. The summed E-state index contributed by atoms with van der Waals surface area (Å²) < 4.78 is 79.3. The fourth-order valence-electron chi connectivity index (χ4n) is 4.41. The molecular weight excluding hydrogens is 562 g/mol. The number of nitrogens with one attached hydrogen (secondary N) is 1. The molecule has 1 saturated carbocycles. The lowest BCUT2D eigenvalue weighted by Crippen LogP contribution is -2.53. The highest BCUT2D eigenvalue weighted by molar-refractivity contribution is 7.92. The van der Waals surface area contributed by atoms with E-state index in [1.165, 1.54) is 31.2 Å². The van der Waals surface area contributed by atoms with Crippen molar-refractivity contribution in [3.8, 4) is 0 Å². The van der Waals surface area contributed by atoms with Gasteiger partial charge in [0.05, 0.1) is 22.5 Å². The predicted octanol–water partition coefficient (Wildman–Crippen LogP) is 5.13. The number of hydrogen-bond acceptors (Lipinski definition) is 4. The Morgan fingerprint density at radius 1 is 1.08 bits per heavy atom. The van der Waals surface area contributed by atoms with Gasteiger partial charge in [-0.2, -0.15) is 13.2 Å². The van der Waals surface area contributed by atoms with Crippen LogP contribution >= 0.6 is 11.6 Å². The van der Waals surface area contributed by atoms with Crippen molar-refractivity contribution in [2.75, 3.05) is 17.1 Å². The Kier molecular flexibility index (Phi) is 9.87. The molecule has 0 radical (unpaired) electrons. The zero-order valence-corrected chi connectivity index (χ0v) is 23.0. The molecule has 1 aliphatic carbocycles. The molecule has 0 heterocycles. The van der Waals surface area contributed by atoms with Gasteiger partial charge in [-0.15, -0.1) is 0 Å². The number of rotatable bonds is 9. The summed E-state index contributed by atoms with van der Waals surface area (Å²) in [5.74, 6) is -1.83. The largest absolute Gasteiger partial charge is 0.416 e. The number of sulfonamides is 1. The number of alkyl halides is 3. The molecule has 2 aromatic carbocycles. The number of carbonyl (C=O) groups is 2. The molecule has 0 aromatic heterocycles. The molecule has 39 heavy (non-hydrogen) atoms. The van der Waals surface area contributed by atoms with E-state index in [4.69, 9.17) is 11.6 Å². The van der Waals surface area contributed by atoms with Crippen LogP contribution in [0.2, 0.25) is 5.02 Å². The molecule has 1 atom stereocenters. The summed E-state index contributed by atoms with van der Waals surface area (Å²) in [5.41, 5.74) is -1.21. The van der Waals surface area contributed by atoms with Gasteiger partial charge in [0.15, 0.2) is 0 Å². The normalized spacial score (nSPS) is 15.5. The van der Waals surface area contributed by atoms with Crippen LogP contribution in [0.5, 0.6) is 0 Å². The quantitative estimate of drug-likeness (QED) is 0.410. The molecule has 7 nitrogen and oxygen atoms in total. The van der Waals surface area contributed by atoms with Gasteiger partial charge >= 0.3 is 6.18 Å². The van der Waals surface area contributed by atoms with Crippen LogP contribution in [-0.2, 0) is 32.3 Å². The molecule has 214 valence electrons. The van der Waals surface area contributed by atoms with Crippen molar-refractivity contribution in [1.29, 1.82) is 0 Å². The number of nitrogens with zero attached hydrogens (tertiary/aromatic N) is 2. The Balaban J connectivity index is 1.94. The van der Waals surface area contributed by atoms with E-state index in [0.717, 1.165) is 49.3 Å². The van der Waals surface area contributed by atoms with Crippen LogP contribution in [0.4, 0.5) is 23.2 Å². The van der Waals surface area contributed by atoms with Crippen LogP contribution < -0.4 is 9.62 Å². The highest BCUT2D eigenvalue weighted by atomic mass is 35.5. The molecule has 3 rings (SSSR count). The van der Waals surface area contributed by atoms with E-state index in [1.54, 1.807) is 0 Å². The van der Waals surface area contributed by atoms with Gasteiger partial charge in [0.1, 0.15) is 18.4 Å². The van der Waals surface area contributed by atoms with E-state index in [0.29, 0.717) is 22.0 Å². The van der Waals surface area contributed by atoms with E-state index >= 15 is 0 Å². The minimum Gasteiger partial charge on any atom is -0.352 e. The lowest BCUT2D eigenvalue weighted by Gasteiger charge is -2.33. The van der Waals surface area contributed by atoms with E-state index in [9.17, 15) is 35.6 Å². The summed E-state index contributed by atoms with van der Waals surface area (Å²) >= 11 is 6.08. The molecule has 1 fully saturated rings. The Hall–Kier alpha value is -2.86. The van der Waals surface area contributed by atoms with Crippen LogP contribution in [0.3, 0.4) is 0 Å². The summed E-state index contributed by atoms with van der Waals surface area (Å²) in [5, 5.41) is 2.62. The molecule has 1 unspecified atom stereocenters. The molecule has 1 N–H and O–H groups in total. The van der Waals surface area contributed by atoms with Gasteiger partial charge in [0.25, 0.3) is 0 Å². The molecule has 0 aliphatic heterocycles. The van der Waals surface area contributed by atoms with E-state index in [2.05, 4.69) is 5.32 Å². The maximum atomic E-state index is 13.6. The average molecular weight is 592 g/mol. The Morgan fingerprint density at radius 3 is 2.26 bits per heavy atom. The topological polar surface area (TPSA) is 86.8 Å².